The number of hydrogen-bond acceptors (Lipinski definition) is 0. The summed E-state index contributed by atoms with van der Waals surface area (Å²) >= 11 is 3.85. The molecule has 0 nitrogen and oxygen atoms in total. The van der Waals surface area contributed by atoms with E-state index in [4.69, 9.17) is 0 Å². The van der Waals surface area contributed by atoms with Crippen molar-refractivity contribution >= 4 is 15.9 Å². The number of hydrogen-bond donors (Lipinski definition) is 0. The molecule has 0 aromatic heterocycles. The van der Waals surface area contributed by atoms with Gasteiger partial charge >= 0.3 is 0 Å². The summed E-state index contributed by atoms with van der Waals surface area (Å²) in [4.78, 5) is 0.786. The van der Waals surface area contributed by atoms with Gasteiger partial charge in [-0.3, -0.25) is 0 Å². The number of rotatable bonds is 15. The van der Waals surface area contributed by atoms with E-state index >= 15 is 0 Å². The van der Waals surface area contributed by atoms with Crippen molar-refractivity contribution < 1.29 is 0 Å². The molecule has 1 unspecified atom stereocenters. The van der Waals surface area contributed by atoms with Gasteiger partial charge in [0.25, 0.3) is 0 Å². The Balaban J connectivity index is 3.10. The molecule has 0 heterocycles. The smallest absolute Gasteiger partial charge is 0.0145 e. The molecule has 0 N–H and O–H groups in total. The minimum Gasteiger partial charge on any atom is -0.0891 e. The van der Waals surface area contributed by atoms with Crippen LogP contribution in [0.1, 0.15) is 110 Å². The van der Waals surface area contributed by atoms with Crippen LogP contribution in [0, 0.1) is 0 Å². The van der Waals surface area contributed by atoms with Gasteiger partial charge in [-0.25, -0.2) is 0 Å². The molecule has 1 atom stereocenters. The summed E-state index contributed by atoms with van der Waals surface area (Å²) < 4.78 is 0. The standard InChI is InChI=1S/C18H37Br/c1-3-5-7-9-11-13-15-17-18(19)16-14-12-10-8-6-4-2/h18H,3-17H2,1-2H3. The predicted octanol–water partition coefficient (Wildman–Crippen LogP) is 7.64. The summed E-state index contributed by atoms with van der Waals surface area (Å²) in [6, 6.07) is 0. The zero-order valence-corrected chi connectivity index (χ0v) is 15.1. The summed E-state index contributed by atoms with van der Waals surface area (Å²) in [5, 5.41) is 0. The maximum Gasteiger partial charge on any atom is 0.0145 e. The third-order valence-electron chi connectivity index (χ3n) is 3.99. The molecule has 0 bridgehead atoms. The fourth-order valence-electron chi connectivity index (χ4n) is 2.61. The van der Waals surface area contributed by atoms with Gasteiger partial charge in [0, 0.05) is 4.83 Å². The monoisotopic (exact) mass is 332 g/mol. The Morgan fingerprint density at radius 2 is 0.842 bits per heavy atom. The minimum atomic E-state index is 0.786. The van der Waals surface area contributed by atoms with E-state index in [-0.39, 0.29) is 0 Å². The van der Waals surface area contributed by atoms with Crippen LogP contribution in [0.3, 0.4) is 0 Å². The summed E-state index contributed by atoms with van der Waals surface area (Å²) in [6.07, 6.45) is 21.4. The van der Waals surface area contributed by atoms with Crippen LogP contribution in [-0.2, 0) is 0 Å². The van der Waals surface area contributed by atoms with Gasteiger partial charge in [0.2, 0.25) is 0 Å². The van der Waals surface area contributed by atoms with Crippen LogP contribution in [0.5, 0.6) is 0 Å². The first-order valence-corrected chi connectivity index (χ1v) is 9.86. The van der Waals surface area contributed by atoms with Crippen LogP contribution in [0.4, 0.5) is 0 Å². The van der Waals surface area contributed by atoms with Crippen LogP contribution in [-0.4, -0.2) is 4.83 Å². The highest BCUT2D eigenvalue weighted by atomic mass is 79.9. The van der Waals surface area contributed by atoms with Crippen molar-refractivity contribution in [2.75, 3.05) is 0 Å². The highest BCUT2D eigenvalue weighted by Gasteiger charge is 2.03. The van der Waals surface area contributed by atoms with Gasteiger partial charge in [-0.15, -0.1) is 0 Å². The average molecular weight is 333 g/mol. The van der Waals surface area contributed by atoms with E-state index in [2.05, 4.69) is 29.8 Å². The molecule has 0 radical (unpaired) electrons. The lowest BCUT2D eigenvalue weighted by molar-refractivity contribution is 0.542. The molecule has 0 aliphatic rings. The van der Waals surface area contributed by atoms with Crippen molar-refractivity contribution in [3.05, 3.63) is 0 Å². The molecule has 0 aromatic rings. The van der Waals surface area contributed by atoms with E-state index in [0.29, 0.717) is 0 Å². The normalized spacial score (nSPS) is 12.8. The Kier molecular flexibility index (Phi) is 17.0. The first-order valence-electron chi connectivity index (χ1n) is 8.95. The van der Waals surface area contributed by atoms with Crippen molar-refractivity contribution in [1.82, 2.24) is 0 Å². The Morgan fingerprint density at radius 1 is 0.526 bits per heavy atom. The first-order chi connectivity index (χ1) is 9.31. The van der Waals surface area contributed by atoms with E-state index in [1.165, 1.54) is 96.3 Å². The second kappa shape index (κ2) is 16.5. The third-order valence-corrected chi connectivity index (χ3v) is 4.91. The molecular weight excluding hydrogens is 296 g/mol. The van der Waals surface area contributed by atoms with E-state index in [0.717, 1.165) is 4.83 Å². The molecule has 0 fully saturated rings. The van der Waals surface area contributed by atoms with Crippen LogP contribution in [0.15, 0.2) is 0 Å². The maximum absolute atomic E-state index is 3.85. The Bertz CT molecular complexity index is 156. The quantitative estimate of drug-likeness (QED) is 0.213. The second-order valence-electron chi connectivity index (χ2n) is 6.06. The number of unbranched alkanes of at least 4 members (excludes halogenated alkanes) is 11. The van der Waals surface area contributed by atoms with Gasteiger partial charge in [-0.1, -0.05) is 113 Å². The largest absolute Gasteiger partial charge is 0.0891 e. The van der Waals surface area contributed by atoms with Crippen molar-refractivity contribution in [2.45, 2.75) is 115 Å². The number of halogens is 1. The van der Waals surface area contributed by atoms with E-state index in [1.807, 2.05) is 0 Å². The topological polar surface area (TPSA) is 0 Å². The zero-order valence-electron chi connectivity index (χ0n) is 13.6. The number of alkyl halides is 1. The van der Waals surface area contributed by atoms with Gasteiger partial charge in [0.05, 0.1) is 0 Å². The predicted molar refractivity (Wildman–Crippen MR) is 93.3 cm³/mol. The molecule has 0 aliphatic heterocycles. The van der Waals surface area contributed by atoms with E-state index in [1.54, 1.807) is 0 Å². The van der Waals surface area contributed by atoms with Crippen LogP contribution in [0.2, 0.25) is 0 Å². The SMILES string of the molecule is CCCCCCCCCC(Br)CCCCCCCC. The lowest BCUT2D eigenvalue weighted by Gasteiger charge is -2.09. The summed E-state index contributed by atoms with van der Waals surface area (Å²) in [5.41, 5.74) is 0. The van der Waals surface area contributed by atoms with Gasteiger partial charge in [-0.2, -0.15) is 0 Å². The van der Waals surface area contributed by atoms with Gasteiger partial charge in [-0.05, 0) is 12.8 Å². The van der Waals surface area contributed by atoms with Crippen molar-refractivity contribution in [2.24, 2.45) is 0 Å². The summed E-state index contributed by atoms with van der Waals surface area (Å²) in [7, 11) is 0. The molecule has 116 valence electrons. The zero-order chi connectivity index (χ0) is 14.2. The van der Waals surface area contributed by atoms with Gasteiger partial charge in [0.1, 0.15) is 0 Å². The van der Waals surface area contributed by atoms with Crippen LogP contribution >= 0.6 is 15.9 Å². The first kappa shape index (κ1) is 19.5. The van der Waals surface area contributed by atoms with Crippen molar-refractivity contribution in [1.29, 1.82) is 0 Å². The fourth-order valence-corrected chi connectivity index (χ4v) is 3.26. The van der Waals surface area contributed by atoms with E-state index in [9.17, 15) is 0 Å². The molecule has 0 rings (SSSR count). The third kappa shape index (κ3) is 16.4. The Morgan fingerprint density at radius 3 is 1.21 bits per heavy atom. The Hall–Kier alpha value is 0.480. The van der Waals surface area contributed by atoms with E-state index < -0.39 is 0 Å². The summed E-state index contributed by atoms with van der Waals surface area (Å²) in [6.45, 7) is 4.58. The average Bonchev–Trinajstić information content (AvgIpc) is 2.41. The lowest BCUT2D eigenvalue weighted by Crippen LogP contribution is -1.97. The molecule has 0 aliphatic carbocycles. The van der Waals surface area contributed by atoms with Crippen LogP contribution in [0.25, 0.3) is 0 Å². The molecule has 0 amide bonds. The molecule has 19 heavy (non-hydrogen) atoms. The molecular formula is C18H37Br. The fraction of sp³-hybridized carbons (Fsp3) is 1.00. The highest BCUT2D eigenvalue weighted by Crippen LogP contribution is 2.19. The molecule has 1 heteroatoms. The van der Waals surface area contributed by atoms with Crippen molar-refractivity contribution in [3.63, 3.8) is 0 Å². The summed E-state index contributed by atoms with van der Waals surface area (Å²) in [5.74, 6) is 0. The van der Waals surface area contributed by atoms with Gasteiger partial charge in [0.15, 0.2) is 0 Å². The minimum absolute atomic E-state index is 0.786. The molecule has 0 saturated carbocycles. The van der Waals surface area contributed by atoms with Gasteiger partial charge < -0.3 is 0 Å². The van der Waals surface area contributed by atoms with Crippen molar-refractivity contribution in [3.8, 4) is 0 Å². The van der Waals surface area contributed by atoms with Crippen LogP contribution < -0.4 is 0 Å². The second-order valence-corrected chi connectivity index (χ2v) is 7.36. The molecule has 0 spiro atoms. The molecule has 0 aromatic carbocycles. The maximum atomic E-state index is 3.85. The molecule has 0 saturated heterocycles. The Labute approximate surface area is 131 Å². The highest BCUT2D eigenvalue weighted by molar-refractivity contribution is 9.09. The lowest BCUT2D eigenvalue weighted by atomic mass is 10.0.